The fourth-order valence-electron chi connectivity index (χ4n) is 7.77. The summed E-state index contributed by atoms with van der Waals surface area (Å²) in [5.74, 6) is 5.26. The predicted octanol–water partition coefficient (Wildman–Crippen LogP) is 11.7. The summed E-state index contributed by atoms with van der Waals surface area (Å²) in [6, 6.07) is 46.1. The van der Waals surface area contributed by atoms with Crippen molar-refractivity contribution in [3.05, 3.63) is 168 Å². The minimum atomic E-state index is -2.36. The Bertz CT molecular complexity index is 2870. The quantitative estimate of drug-likeness (QED) is 0.0908. The number of imidazole rings is 1. The zero-order valence-electron chi connectivity index (χ0n) is 33.2. The van der Waals surface area contributed by atoms with Gasteiger partial charge >= 0.3 is 154 Å². The van der Waals surface area contributed by atoms with E-state index in [9.17, 15) is 8.78 Å². The summed E-state index contributed by atoms with van der Waals surface area (Å²) in [7, 11) is 0. The van der Waals surface area contributed by atoms with Crippen molar-refractivity contribution in [2.75, 3.05) is 0 Å². The van der Waals surface area contributed by atoms with E-state index in [0.717, 1.165) is 45.5 Å². The Kier molecular flexibility index (Phi) is 12.2. The summed E-state index contributed by atoms with van der Waals surface area (Å²) >= 11 is -1.10. The van der Waals surface area contributed by atoms with Gasteiger partial charge in [-0.1, -0.05) is 35.9 Å². The molecule has 5 aromatic carbocycles. The molecule has 4 nitrogen and oxygen atoms in total. The topological polar surface area (TPSA) is 43.6 Å². The zero-order chi connectivity index (χ0) is 39.8. The Morgan fingerprint density at radius 2 is 1.53 bits per heavy atom. The average molecular weight is 1020 g/mol. The molecular formula is C49H42F2GeIrN4S-2. The second kappa shape index (κ2) is 17.2. The van der Waals surface area contributed by atoms with E-state index in [-0.39, 0.29) is 20.1 Å². The molecule has 9 rings (SSSR count). The summed E-state index contributed by atoms with van der Waals surface area (Å²) < 4.78 is 34.5. The van der Waals surface area contributed by atoms with E-state index < -0.39 is 25.0 Å². The van der Waals surface area contributed by atoms with Crippen LogP contribution in [0.4, 0.5) is 8.78 Å². The molecule has 4 aromatic heterocycles. The molecule has 0 atom stereocenters. The number of para-hydroxylation sites is 3. The van der Waals surface area contributed by atoms with Crippen LogP contribution in [0.2, 0.25) is 11.5 Å². The molecule has 0 bridgehead atoms. The monoisotopic (exact) mass is 1020 g/mol. The van der Waals surface area contributed by atoms with Gasteiger partial charge in [-0.05, 0) is 59.3 Å². The Morgan fingerprint density at radius 3 is 2.26 bits per heavy atom. The van der Waals surface area contributed by atoms with Crippen molar-refractivity contribution in [2.24, 2.45) is 5.92 Å². The molecule has 0 aliphatic heterocycles. The van der Waals surface area contributed by atoms with Gasteiger partial charge in [0.25, 0.3) is 0 Å². The van der Waals surface area contributed by atoms with Crippen LogP contribution in [0.3, 0.4) is 0 Å². The van der Waals surface area contributed by atoms with Gasteiger partial charge in [0.2, 0.25) is 5.95 Å². The molecule has 1 radical (unpaired) electrons. The van der Waals surface area contributed by atoms with E-state index >= 15 is 0 Å². The number of fused-ring (bicyclic) bond motifs is 4. The van der Waals surface area contributed by atoms with Gasteiger partial charge < -0.3 is 4.57 Å². The van der Waals surface area contributed by atoms with Crippen molar-refractivity contribution < 1.29 is 28.9 Å². The van der Waals surface area contributed by atoms with E-state index in [1.807, 2.05) is 42.5 Å². The number of hydrogen-bond acceptors (Lipinski definition) is 4. The average Bonchev–Trinajstić information content (AvgIpc) is 3.78. The number of thiophene rings is 1. The van der Waals surface area contributed by atoms with Gasteiger partial charge in [0.05, 0.1) is 16.9 Å². The van der Waals surface area contributed by atoms with E-state index in [4.69, 9.17) is 9.97 Å². The smallest absolute Gasteiger partial charge is 0.214 e. The summed E-state index contributed by atoms with van der Waals surface area (Å²) in [6.07, 6.45) is 3.25. The van der Waals surface area contributed by atoms with Crippen LogP contribution in [0.25, 0.3) is 59.7 Å². The van der Waals surface area contributed by atoms with Crippen molar-refractivity contribution in [1.29, 1.82) is 0 Å². The number of pyridine rings is 2. The second-order valence-electron chi connectivity index (χ2n) is 15.4. The van der Waals surface area contributed by atoms with Crippen LogP contribution in [0.1, 0.15) is 30.5 Å². The first-order valence-electron chi connectivity index (χ1n) is 19.2. The molecule has 4 heterocycles. The minimum absolute atomic E-state index is 0. The number of rotatable bonds is 7. The van der Waals surface area contributed by atoms with Crippen molar-refractivity contribution in [3.8, 4) is 28.3 Å². The van der Waals surface area contributed by atoms with Gasteiger partial charge in [0.1, 0.15) is 4.83 Å². The molecule has 0 aliphatic rings. The van der Waals surface area contributed by atoms with Crippen LogP contribution in [0.5, 0.6) is 0 Å². The van der Waals surface area contributed by atoms with Crippen LogP contribution in [-0.2, 0) is 26.5 Å². The number of aromatic nitrogens is 4. The predicted molar refractivity (Wildman–Crippen MR) is 236 cm³/mol. The van der Waals surface area contributed by atoms with E-state index in [2.05, 4.69) is 128 Å². The molecule has 293 valence electrons. The van der Waals surface area contributed by atoms with E-state index in [0.29, 0.717) is 37.6 Å². The third-order valence-corrected chi connectivity index (χ3v) is 19.2. The molecule has 0 aliphatic carbocycles. The molecule has 0 amide bonds. The third-order valence-electron chi connectivity index (χ3n) is 10.5. The Balaban J connectivity index is 0.000000179. The summed E-state index contributed by atoms with van der Waals surface area (Å²) in [6.45, 7) is 8.72. The molecule has 0 spiro atoms. The number of aryl methyl sites for hydroxylation is 2. The zero-order valence-corrected chi connectivity index (χ0v) is 38.5. The molecule has 0 saturated carbocycles. The number of halogens is 2. The normalized spacial score (nSPS) is 11.5. The molecule has 0 fully saturated rings. The van der Waals surface area contributed by atoms with Crippen LogP contribution in [-0.4, -0.2) is 32.8 Å². The number of nitrogens with zero attached hydrogens (tertiary/aromatic N) is 4. The molecule has 0 unspecified atom stereocenters. The van der Waals surface area contributed by atoms with Crippen molar-refractivity contribution in [1.82, 2.24) is 19.5 Å². The standard InChI is InChI=1S/C26H16F2N3S.C23H26GeN.Ir/c1-14-6-5-7-15(2)23(14)31-20-9-4-3-8-19(20)29-25(31)17-10-12-18(27)22-16-11-13-21(28)30-26(16)32-24(17)22;1-18(2)15-20-16-23(19-11-7-5-8-12-19)25-17-22(20)24(3,4)21-13-9-6-10-14-21;/h3-9,11-13H,1-2H3;5-11,13-14,16-18H,15H2,1-4H3;/q2*-1;. The van der Waals surface area contributed by atoms with Crippen molar-refractivity contribution in [3.63, 3.8) is 0 Å². The number of benzene rings is 5. The maximum absolute atomic E-state index is 14.9. The molecule has 9 aromatic rings. The Hall–Kier alpha value is -4.86. The van der Waals surface area contributed by atoms with Crippen molar-refractivity contribution in [2.45, 2.75) is 45.6 Å². The van der Waals surface area contributed by atoms with Crippen molar-refractivity contribution >= 4 is 64.7 Å². The molecule has 9 heteroatoms. The first-order chi connectivity index (χ1) is 27.5. The number of hydrogen-bond donors (Lipinski definition) is 0. The first kappa shape index (κ1) is 41.3. The van der Waals surface area contributed by atoms with Crippen LogP contribution in [0.15, 0.2) is 128 Å². The largest absolute Gasteiger partial charge is 0.333 e. The van der Waals surface area contributed by atoms with Crippen LogP contribution in [0, 0.1) is 43.7 Å². The molecule has 0 N–H and O–H groups in total. The SMILES string of the molecule is CC(C)Cc1cc(-c2[c-]cccc2)nc[c]1[Ge]([CH3])([CH3])[c]1ccccc1.Cc1cccc(C)c1-n1c(-c2[c-]cc(F)c3c2sc2nc(F)ccc23)nc2ccccc21.[Ir]. The van der Waals surface area contributed by atoms with Gasteiger partial charge in [0, 0.05) is 37.0 Å². The van der Waals surface area contributed by atoms with E-state index in [1.54, 1.807) is 6.07 Å². The Morgan fingerprint density at radius 1 is 0.810 bits per heavy atom. The summed E-state index contributed by atoms with van der Waals surface area (Å²) in [5, 5.41) is 1.01. The third kappa shape index (κ3) is 7.95. The maximum Gasteiger partial charge on any atom is 0.214 e. The van der Waals surface area contributed by atoms with Gasteiger partial charge in [-0.25, -0.2) is 4.98 Å². The Labute approximate surface area is 358 Å². The van der Waals surface area contributed by atoms with E-state index in [1.165, 1.54) is 37.8 Å². The summed E-state index contributed by atoms with van der Waals surface area (Å²) in [4.78, 5) is 14.2. The maximum atomic E-state index is 14.9. The fraction of sp³-hybridized carbons (Fsp3) is 0.163. The van der Waals surface area contributed by atoms with Gasteiger partial charge in [-0.15, -0.1) is 12.1 Å². The molecular weight excluding hydrogens is 979 g/mol. The fourth-order valence-corrected chi connectivity index (χ4v) is 14.6. The second-order valence-corrected chi connectivity index (χ2v) is 25.6. The first-order valence-corrected chi connectivity index (χ1v) is 26.3. The minimum Gasteiger partial charge on any atom is -0.333 e. The van der Waals surface area contributed by atoms with Gasteiger partial charge in [-0.2, -0.15) is 15.7 Å². The molecule has 0 saturated heterocycles. The van der Waals surface area contributed by atoms with Crippen LogP contribution < -0.4 is 8.79 Å². The van der Waals surface area contributed by atoms with Crippen LogP contribution >= 0.6 is 11.3 Å². The van der Waals surface area contributed by atoms with Gasteiger partial charge in [-0.3, -0.25) is 9.37 Å². The van der Waals surface area contributed by atoms with Gasteiger partial charge in [0.15, 0.2) is 0 Å². The molecule has 58 heavy (non-hydrogen) atoms. The summed E-state index contributed by atoms with van der Waals surface area (Å²) in [5.41, 5.74) is 9.27.